The van der Waals surface area contributed by atoms with E-state index < -0.39 is 60.4 Å². The van der Waals surface area contributed by atoms with Gasteiger partial charge in [0.2, 0.25) is 0 Å². The second-order valence-electron chi connectivity index (χ2n) is 6.25. The van der Waals surface area contributed by atoms with E-state index in [-0.39, 0.29) is 19.4 Å². The molecule has 0 fully saturated rings. The fourth-order valence-electron chi connectivity index (χ4n) is 1.31. The molecule has 0 spiro atoms. The smallest absolute Gasteiger partial charge is 0.321 e. The van der Waals surface area contributed by atoms with E-state index in [2.05, 4.69) is 5.73 Å². The molecule has 0 amide bonds. The van der Waals surface area contributed by atoms with Crippen LogP contribution in [0.4, 0.5) is 0 Å². The molecule has 34 heavy (non-hydrogen) atoms. The highest BCUT2D eigenvalue weighted by Crippen LogP contribution is 1.97. The Labute approximate surface area is 194 Å². The number of unbranched alkanes of at least 4 members (excludes halogenated alkanes) is 1. The number of carboxylic acid groups (broad SMARTS) is 6. The third kappa shape index (κ3) is 36.0. The van der Waals surface area contributed by atoms with Crippen LogP contribution in [0.3, 0.4) is 0 Å². The van der Waals surface area contributed by atoms with Crippen LogP contribution in [-0.2, 0) is 28.8 Å². The first-order chi connectivity index (χ1) is 15.5. The van der Waals surface area contributed by atoms with Crippen molar-refractivity contribution < 1.29 is 59.4 Å². The van der Waals surface area contributed by atoms with E-state index >= 15 is 0 Å². The molecule has 0 radical (unpaired) electrons. The molecule has 0 aromatic heterocycles. The summed E-state index contributed by atoms with van der Waals surface area (Å²) >= 11 is 0. The first kappa shape index (κ1) is 37.9. The van der Waals surface area contributed by atoms with Gasteiger partial charge in [0.15, 0.2) is 0 Å². The molecule has 0 aliphatic carbocycles. The van der Waals surface area contributed by atoms with Gasteiger partial charge in [-0.3, -0.25) is 28.8 Å². The quantitative estimate of drug-likeness (QED) is 0.110. The van der Waals surface area contributed by atoms with Gasteiger partial charge >= 0.3 is 35.8 Å². The molecule has 0 bridgehead atoms. The molecule has 0 saturated heterocycles. The number of hydrogen-bond acceptors (Lipinski definition) is 11. The molecule has 3 unspecified atom stereocenters. The lowest BCUT2D eigenvalue weighted by atomic mass is 10.1. The minimum absolute atomic E-state index is 0.0231. The highest BCUT2D eigenvalue weighted by molar-refractivity contribution is 5.80. The molecule has 17 nitrogen and oxygen atoms in total. The summed E-state index contributed by atoms with van der Waals surface area (Å²) in [6.45, 7) is 0.326. The maximum absolute atomic E-state index is 10.1. The Balaban J connectivity index is -0.000000181. The third-order valence-corrected chi connectivity index (χ3v) is 3.16. The van der Waals surface area contributed by atoms with E-state index in [0.717, 1.165) is 12.8 Å². The normalized spacial score (nSPS) is 11.9. The van der Waals surface area contributed by atoms with Crippen molar-refractivity contribution in [2.24, 2.45) is 28.7 Å². The Kier molecular flexibility index (Phi) is 27.1. The van der Waals surface area contributed by atoms with Crippen molar-refractivity contribution in [1.82, 2.24) is 0 Å². The predicted octanol–water partition coefficient (Wildman–Crippen LogP) is -3.31. The average Bonchev–Trinajstić information content (AvgIpc) is 2.72. The van der Waals surface area contributed by atoms with Crippen molar-refractivity contribution >= 4 is 35.8 Å². The summed E-state index contributed by atoms with van der Waals surface area (Å²) in [5.41, 5.74) is 24.8. The molecule has 0 aliphatic heterocycles. The van der Waals surface area contributed by atoms with Crippen molar-refractivity contribution in [3.8, 4) is 0 Å². The monoisotopic (exact) mass is 501 g/mol. The van der Waals surface area contributed by atoms with E-state index in [1.54, 1.807) is 0 Å². The van der Waals surface area contributed by atoms with Crippen LogP contribution in [-0.4, -0.2) is 97.7 Å². The topological polar surface area (TPSA) is 354 Å². The summed E-state index contributed by atoms with van der Waals surface area (Å²) in [6, 6.07) is -3.06. The summed E-state index contributed by atoms with van der Waals surface area (Å²) in [7, 11) is 0. The van der Waals surface area contributed by atoms with Crippen LogP contribution in [0.25, 0.3) is 0 Å². The van der Waals surface area contributed by atoms with Crippen molar-refractivity contribution in [1.29, 1.82) is 0 Å². The van der Waals surface area contributed by atoms with Gasteiger partial charge in [-0.05, 0) is 25.8 Å². The van der Waals surface area contributed by atoms with Crippen LogP contribution >= 0.6 is 0 Å². The van der Waals surface area contributed by atoms with Gasteiger partial charge in [0.1, 0.15) is 18.1 Å². The van der Waals surface area contributed by atoms with Crippen LogP contribution < -0.4 is 28.7 Å². The first-order valence-electron chi connectivity index (χ1n) is 9.53. The van der Waals surface area contributed by atoms with Crippen molar-refractivity contribution in [2.45, 2.75) is 56.7 Å². The van der Waals surface area contributed by atoms with Gasteiger partial charge in [-0.1, -0.05) is 6.42 Å². The van der Waals surface area contributed by atoms with Crippen molar-refractivity contribution in [3.63, 3.8) is 0 Å². The first-order valence-corrected chi connectivity index (χ1v) is 9.53. The lowest BCUT2D eigenvalue weighted by molar-refractivity contribution is -0.144. The molecule has 0 aromatic rings. The van der Waals surface area contributed by atoms with E-state index in [1.807, 2.05) is 0 Å². The summed E-state index contributed by atoms with van der Waals surface area (Å²) in [4.78, 5) is 58.9. The molecule has 3 atom stereocenters. The van der Waals surface area contributed by atoms with Gasteiger partial charge in [-0.2, -0.15) is 0 Å². The third-order valence-electron chi connectivity index (χ3n) is 3.16. The average molecular weight is 501 g/mol. The summed E-state index contributed by atoms with van der Waals surface area (Å²) in [5, 5.41) is 48.2. The van der Waals surface area contributed by atoms with Crippen LogP contribution in [0.15, 0.2) is 0 Å². The minimum atomic E-state index is -1.29. The van der Waals surface area contributed by atoms with Gasteiger partial charge in [0.25, 0.3) is 0 Å². The standard InChI is InChI=1S/C6H14N2O2.C5H9NO4.C4H7NO4.C2H5NO2/c7-4-2-1-3-5(8)6(9)10;6-3(5(9)10)1-2-4(7)8;5-2(4(8)9)1-3(6)7;3-1-2(4)5/h5H,1-4,7-8H2,(H,9,10);3H,1-2,6H2,(H,7,8)(H,9,10);2H,1,5H2,(H,6,7)(H,8,9);1,3H2,(H,4,5). The van der Waals surface area contributed by atoms with E-state index in [4.69, 9.17) is 53.6 Å². The molecule has 0 rings (SSSR count). The Morgan fingerprint density at radius 1 is 0.559 bits per heavy atom. The van der Waals surface area contributed by atoms with Crippen LogP contribution in [0, 0.1) is 0 Å². The zero-order valence-electron chi connectivity index (χ0n) is 18.4. The highest BCUT2D eigenvalue weighted by atomic mass is 16.4. The lowest BCUT2D eigenvalue weighted by Gasteiger charge is -2.03. The zero-order valence-corrected chi connectivity index (χ0v) is 18.4. The fraction of sp³-hybridized carbons (Fsp3) is 0.647. The molecule has 0 heterocycles. The lowest BCUT2D eigenvalue weighted by Crippen LogP contribution is -2.32. The van der Waals surface area contributed by atoms with E-state index in [1.165, 1.54) is 0 Å². The molecule has 0 saturated carbocycles. The molecule has 0 aliphatic rings. The van der Waals surface area contributed by atoms with Gasteiger partial charge in [0, 0.05) is 6.42 Å². The molecule has 0 aromatic carbocycles. The van der Waals surface area contributed by atoms with Crippen LogP contribution in [0.1, 0.15) is 38.5 Å². The summed E-state index contributed by atoms with van der Waals surface area (Å²) in [5.74, 6) is -6.60. The number of rotatable bonds is 13. The van der Waals surface area contributed by atoms with Gasteiger partial charge < -0.3 is 59.3 Å². The summed E-state index contributed by atoms with van der Waals surface area (Å²) in [6.07, 6.45) is 1.41. The Hall–Kier alpha value is -3.38. The zero-order chi connectivity index (χ0) is 27.9. The maximum atomic E-state index is 10.1. The largest absolute Gasteiger partial charge is 0.481 e. The number of carbonyl (C=O) groups is 6. The van der Waals surface area contributed by atoms with Gasteiger partial charge in [0.05, 0.1) is 13.0 Å². The van der Waals surface area contributed by atoms with Crippen LogP contribution in [0.5, 0.6) is 0 Å². The molecule has 200 valence electrons. The minimum Gasteiger partial charge on any atom is -0.481 e. The predicted molar refractivity (Wildman–Crippen MR) is 116 cm³/mol. The Morgan fingerprint density at radius 3 is 1.18 bits per heavy atom. The summed E-state index contributed by atoms with van der Waals surface area (Å²) < 4.78 is 0. The fourth-order valence-corrected chi connectivity index (χ4v) is 1.31. The SMILES string of the molecule is NC(CC(=O)O)C(=O)O.NC(CCC(=O)O)C(=O)O.NCC(=O)O.NCCCCC(N)C(=O)O. The number of aliphatic carboxylic acids is 6. The Morgan fingerprint density at radius 2 is 0.941 bits per heavy atom. The maximum Gasteiger partial charge on any atom is 0.321 e. The van der Waals surface area contributed by atoms with Gasteiger partial charge in [-0.25, -0.2) is 0 Å². The molecular formula is C17H35N5O12. The van der Waals surface area contributed by atoms with E-state index in [9.17, 15) is 28.8 Å². The molecule has 17 heteroatoms. The number of nitrogens with two attached hydrogens (primary N) is 5. The number of hydrogen-bond donors (Lipinski definition) is 11. The van der Waals surface area contributed by atoms with E-state index in [0.29, 0.717) is 13.0 Å². The van der Waals surface area contributed by atoms with Gasteiger partial charge in [-0.15, -0.1) is 0 Å². The second kappa shape index (κ2) is 24.3. The van der Waals surface area contributed by atoms with Crippen molar-refractivity contribution in [3.05, 3.63) is 0 Å². The molecule has 16 N–H and O–H groups in total. The van der Waals surface area contributed by atoms with Crippen LogP contribution in [0.2, 0.25) is 0 Å². The molecular weight excluding hydrogens is 466 g/mol. The highest BCUT2D eigenvalue weighted by Gasteiger charge is 2.14. The van der Waals surface area contributed by atoms with Crippen molar-refractivity contribution in [2.75, 3.05) is 13.1 Å². The number of carboxylic acids is 6. The second-order valence-corrected chi connectivity index (χ2v) is 6.25. The Bertz CT molecular complexity index is 632.